The Morgan fingerprint density at radius 1 is 1.23 bits per heavy atom. The molecule has 0 bridgehead atoms. The summed E-state index contributed by atoms with van der Waals surface area (Å²) in [6.07, 6.45) is -5.37. The summed E-state index contributed by atoms with van der Waals surface area (Å²) in [5.41, 5.74) is -2.79. The maximum Gasteiger partial charge on any atom is 0.395 e. The van der Waals surface area contributed by atoms with E-state index in [0.29, 0.717) is 6.07 Å². The largest absolute Gasteiger partial charge is 0.395 e. The zero-order valence-corrected chi connectivity index (χ0v) is 14.5. The first-order valence-corrected chi connectivity index (χ1v) is 8.09. The third-order valence-electron chi connectivity index (χ3n) is 4.55. The number of amides is 1. The standard InChI is InChI=1S/C17H18F5N3O/c1-15(2,3)25-13-10(19)6-9(18)7-11(13)23-14(25)24-12(26)8-16(4-5-16)17(20,21)22/h6-7H,4-5,8H2,1-3H3,(H,23,24,26). The molecule has 26 heavy (non-hydrogen) atoms. The highest BCUT2D eigenvalue weighted by Gasteiger charge is 2.63. The molecule has 9 heteroatoms. The van der Waals surface area contributed by atoms with E-state index in [1.807, 2.05) is 0 Å². The Bertz CT molecular complexity index is 875. The number of nitrogens with zero attached hydrogens (tertiary/aromatic N) is 2. The Labute approximate surface area is 146 Å². The fraction of sp³-hybridized carbons (Fsp3) is 0.529. The summed E-state index contributed by atoms with van der Waals surface area (Å²) in [6.45, 7) is 5.14. The van der Waals surface area contributed by atoms with Crippen molar-refractivity contribution in [2.24, 2.45) is 5.41 Å². The van der Waals surface area contributed by atoms with Gasteiger partial charge in [-0.25, -0.2) is 13.8 Å². The summed E-state index contributed by atoms with van der Waals surface area (Å²) in [4.78, 5) is 16.2. The quantitative estimate of drug-likeness (QED) is 0.788. The molecule has 0 saturated heterocycles. The maximum atomic E-state index is 14.3. The van der Waals surface area contributed by atoms with Crippen molar-refractivity contribution in [2.75, 3.05) is 5.32 Å². The van der Waals surface area contributed by atoms with Crippen molar-refractivity contribution in [3.8, 4) is 0 Å². The first kappa shape index (κ1) is 18.6. The summed E-state index contributed by atoms with van der Waals surface area (Å²) in [6, 6.07) is 1.70. The highest BCUT2D eigenvalue weighted by molar-refractivity contribution is 5.92. The number of rotatable bonds is 3. The van der Waals surface area contributed by atoms with Crippen LogP contribution in [-0.2, 0) is 10.3 Å². The number of benzene rings is 1. The fourth-order valence-electron chi connectivity index (χ4n) is 3.05. The smallest absolute Gasteiger partial charge is 0.302 e. The number of nitrogens with one attached hydrogen (secondary N) is 1. The number of anilines is 1. The molecule has 0 atom stereocenters. The van der Waals surface area contributed by atoms with Gasteiger partial charge in [0.25, 0.3) is 0 Å². The Kier molecular flexibility index (Phi) is 4.04. The zero-order valence-electron chi connectivity index (χ0n) is 14.5. The molecule has 0 aliphatic heterocycles. The van der Waals surface area contributed by atoms with Crippen LogP contribution in [0, 0.1) is 17.0 Å². The maximum absolute atomic E-state index is 14.3. The molecule has 142 valence electrons. The highest BCUT2D eigenvalue weighted by Crippen LogP contribution is 2.60. The van der Waals surface area contributed by atoms with Crippen LogP contribution in [0.2, 0.25) is 0 Å². The van der Waals surface area contributed by atoms with Gasteiger partial charge in [-0.05, 0) is 33.6 Å². The monoisotopic (exact) mass is 375 g/mol. The molecule has 1 fully saturated rings. The number of alkyl halides is 3. The van der Waals surface area contributed by atoms with Crippen LogP contribution in [0.15, 0.2) is 12.1 Å². The molecular weight excluding hydrogens is 357 g/mol. The average molecular weight is 375 g/mol. The molecule has 1 aliphatic rings. The van der Waals surface area contributed by atoms with Crippen molar-refractivity contribution in [3.05, 3.63) is 23.8 Å². The molecule has 0 spiro atoms. The van der Waals surface area contributed by atoms with E-state index in [2.05, 4.69) is 10.3 Å². The predicted molar refractivity (Wildman–Crippen MR) is 85.6 cm³/mol. The minimum Gasteiger partial charge on any atom is -0.302 e. The summed E-state index contributed by atoms with van der Waals surface area (Å²) in [7, 11) is 0. The van der Waals surface area contributed by atoms with Gasteiger partial charge in [-0.3, -0.25) is 10.1 Å². The molecule has 1 N–H and O–H groups in total. The Balaban J connectivity index is 1.98. The van der Waals surface area contributed by atoms with Crippen LogP contribution in [0.4, 0.5) is 27.9 Å². The van der Waals surface area contributed by atoms with Gasteiger partial charge < -0.3 is 4.57 Å². The van der Waals surface area contributed by atoms with Crippen LogP contribution in [0.1, 0.15) is 40.0 Å². The number of halogens is 5. The first-order valence-electron chi connectivity index (χ1n) is 8.09. The topological polar surface area (TPSA) is 46.9 Å². The summed E-state index contributed by atoms with van der Waals surface area (Å²) >= 11 is 0. The minimum atomic E-state index is -4.45. The fourth-order valence-corrected chi connectivity index (χ4v) is 3.05. The molecule has 0 unspecified atom stereocenters. The summed E-state index contributed by atoms with van der Waals surface area (Å²) < 4.78 is 68.2. The Morgan fingerprint density at radius 2 is 1.85 bits per heavy atom. The molecule has 4 nitrogen and oxygen atoms in total. The van der Waals surface area contributed by atoms with E-state index in [-0.39, 0.29) is 29.8 Å². The molecule has 3 rings (SSSR count). The highest BCUT2D eigenvalue weighted by atomic mass is 19.4. The Morgan fingerprint density at radius 3 is 2.35 bits per heavy atom. The van der Waals surface area contributed by atoms with Crippen molar-refractivity contribution < 1.29 is 26.7 Å². The molecule has 1 amide bonds. The second-order valence-corrected chi connectivity index (χ2v) is 7.70. The van der Waals surface area contributed by atoms with Gasteiger partial charge in [0, 0.05) is 24.1 Å². The van der Waals surface area contributed by atoms with Gasteiger partial charge >= 0.3 is 6.18 Å². The molecule has 1 heterocycles. The summed E-state index contributed by atoms with van der Waals surface area (Å²) in [5.74, 6) is -2.67. The molecular formula is C17H18F5N3O. The van der Waals surface area contributed by atoms with E-state index in [1.165, 1.54) is 4.57 Å². The number of imidazole rings is 1. The second-order valence-electron chi connectivity index (χ2n) is 7.70. The third-order valence-corrected chi connectivity index (χ3v) is 4.55. The van der Waals surface area contributed by atoms with Crippen LogP contribution < -0.4 is 5.32 Å². The number of hydrogen-bond donors (Lipinski definition) is 1. The SMILES string of the molecule is CC(C)(C)n1c(NC(=O)CC2(C(F)(F)F)CC2)nc2cc(F)cc(F)c21. The number of fused-ring (bicyclic) bond motifs is 1. The molecule has 1 aromatic carbocycles. The first-order chi connectivity index (χ1) is 11.8. The van der Waals surface area contributed by atoms with Crippen molar-refractivity contribution in [1.82, 2.24) is 9.55 Å². The third kappa shape index (κ3) is 3.14. The lowest BCUT2D eigenvalue weighted by Crippen LogP contribution is -2.31. The van der Waals surface area contributed by atoms with E-state index >= 15 is 0 Å². The molecule has 2 aromatic rings. The van der Waals surface area contributed by atoms with Gasteiger partial charge in [0.15, 0.2) is 5.82 Å². The minimum absolute atomic E-state index is 0.0221. The van der Waals surface area contributed by atoms with Crippen LogP contribution >= 0.6 is 0 Å². The summed E-state index contributed by atoms with van der Waals surface area (Å²) in [5, 5.41) is 2.35. The van der Waals surface area contributed by atoms with Crippen LogP contribution in [0.5, 0.6) is 0 Å². The second kappa shape index (κ2) is 5.65. The van der Waals surface area contributed by atoms with Gasteiger partial charge in [-0.15, -0.1) is 0 Å². The van der Waals surface area contributed by atoms with Crippen molar-refractivity contribution in [2.45, 2.75) is 51.7 Å². The zero-order chi connectivity index (χ0) is 19.5. The molecule has 1 aliphatic carbocycles. The van der Waals surface area contributed by atoms with E-state index in [0.717, 1.165) is 6.07 Å². The van der Waals surface area contributed by atoms with Gasteiger partial charge in [0.05, 0.1) is 10.9 Å². The van der Waals surface area contributed by atoms with Crippen molar-refractivity contribution >= 4 is 22.9 Å². The lowest BCUT2D eigenvalue weighted by molar-refractivity contribution is -0.189. The van der Waals surface area contributed by atoms with Gasteiger partial charge in [-0.1, -0.05) is 0 Å². The lowest BCUT2D eigenvalue weighted by atomic mass is 10.0. The Hall–Kier alpha value is -2.19. The van der Waals surface area contributed by atoms with Gasteiger partial charge in [0.2, 0.25) is 11.9 Å². The predicted octanol–water partition coefficient (Wildman–Crippen LogP) is 4.74. The van der Waals surface area contributed by atoms with E-state index < -0.39 is 41.1 Å². The molecule has 1 saturated carbocycles. The van der Waals surface area contributed by atoms with Gasteiger partial charge in [-0.2, -0.15) is 13.2 Å². The molecule has 1 aromatic heterocycles. The number of hydrogen-bond acceptors (Lipinski definition) is 2. The van der Waals surface area contributed by atoms with E-state index in [9.17, 15) is 26.7 Å². The van der Waals surface area contributed by atoms with Crippen molar-refractivity contribution in [1.29, 1.82) is 0 Å². The number of carbonyl (C=O) groups is 1. The van der Waals surface area contributed by atoms with E-state index in [4.69, 9.17) is 0 Å². The molecule has 0 radical (unpaired) electrons. The van der Waals surface area contributed by atoms with Crippen LogP contribution in [0.3, 0.4) is 0 Å². The van der Waals surface area contributed by atoms with Crippen LogP contribution in [0.25, 0.3) is 11.0 Å². The number of carbonyl (C=O) groups excluding carboxylic acids is 1. The average Bonchev–Trinajstić information content (AvgIpc) is 3.12. The normalized spacial score (nSPS) is 16.8. The van der Waals surface area contributed by atoms with Gasteiger partial charge in [0.1, 0.15) is 11.3 Å². The number of aromatic nitrogens is 2. The lowest BCUT2D eigenvalue weighted by Gasteiger charge is -2.25. The van der Waals surface area contributed by atoms with Crippen LogP contribution in [-0.4, -0.2) is 21.6 Å². The van der Waals surface area contributed by atoms with E-state index in [1.54, 1.807) is 20.8 Å². The van der Waals surface area contributed by atoms with Crippen molar-refractivity contribution in [3.63, 3.8) is 0 Å².